The van der Waals surface area contributed by atoms with Crippen molar-refractivity contribution in [1.82, 2.24) is 9.55 Å². The average Bonchev–Trinajstić information content (AvgIpc) is 2.68. The Bertz CT molecular complexity index is 999. The number of allylic oxidation sites excluding steroid dienone is 1. The van der Waals surface area contributed by atoms with E-state index in [4.69, 9.17) is 4.74 Å². The van der Waals surface area contributed by atoms with Gasteiger partial charge < -0.3 is 4.74 Å². The van der Waals surface area contributed by atoms with Gasteiger partial charge in [0.05, 0.1) is 18.0 Å². The molecule has 0 atom stereocenters. The van der Waals surface area contributed by atoms with Gasteiger partial charge in [-0.15, -0.1) is 18.3 Å². The Balaban J connectivity index is 1.94. The Morgan fingerprint density at radius 3 is 2.81 bits per heavy atom. The number of hydrogen-bond donors (Lipinski definition) is 0. The van der Waals surface area contributed by atoms with E-state index in [1.54, 1.807) is 41.3 Å². The standard InChI is InChI=1S/C20H20N2O2S2/c1-4-11-22-19(23)15-7-5-6-8-16(15)21-20(22)26-13-14-9-10-18(25-3)17(12-14)24-2/h4-10,12H,1,11,13H2,2-3H3. The van der Waals surface area contributed by atoms with Gasteiger partial charge in [-0.2, -0.15) is 0 Å². The molecule has 1 aromatic heterocycles. The van der Waals surface area contributed by atoms with Gasteiger partial charge in [-0.3, -0.25) is 9.36 Å². The van der Waals surface area contributed by atoms with Gasteiger partial charge in [0.15, 0.2) is 5.16 Å². The fourth-order valence-electron chi connectivity index (χ4n) is 2.67. The molecule has 0 bridgehead atoms. The van der Waals surface area contributed by atoms with Gasteiger partial charge in [-0.25, -0.2) is 4.98 Å². The van der Waals surface area contributed by atoms with Crippen LogP contribution >= 0.6 is 23.5 Å². The van der Waals surface area contributed by atoms with Crippen molar-refractivity contribution in [3.05, 3.63) is 71.0 Å². The minimum Gasteiger partial charge on any atom is -0.496 e. The summed E-state index contributed by atoms with van der Waals surface area (Å²) < 4.78 is 7.13. The minimum atomic E-state index is -0.0340. The lowest BCUT2D eigenvalue weighted by Gasteiger charge is -2.12. The lowest BCUT2D eigenvalue weighted by atomic mass is 10.2. The highest BCUT2D eigenvalue weighted by Crippen LogP contribution is 2.30. The van der Waals surface area contributed by atoms with Crippen LogP contribution in [0.2, 0.25) is 0 Å². The number of para-hydroxylation sites is 1. The van der Waals surface area contributed by atoms with Crippen LogP contribution in [0.5, 0.6) is 5.75 Å². The molecule has 0 N–H and O–H groups in total. The first-order valence-corrected chi connectivity index (χ1v) is 10.3. The highest BCUT2D eigenvalue weighted by Gasteiger charge is 2.11. The molecular formula is C20H20N2O2S2. The smallest absolute Gasteiger partial charge is 0.262 e. The second kappa shape index (κ2) is 8.47. The van der Waals surface area contributed by atoms with E-state index in [0.29, 0.717) is 22.8 Å². The number of thioether (sulfide) groups is 2. The third-order valence-electron chi connectivity index (χ3n) is 3.95. The van der Waals surface area contributed by atoms with Gasteiger partial charge in [0.25, 0.3) is 5.56 Å². The van der Waals surface area contributed by atoms with Crippen LogP contribution in [-0.4, -0.2) is 22.9 Å². The molecule has 0 aliphatic carbocycles. The highest BCUT2D eigenvalue weighted by atomic mass is 32.2. The fourth-order valence-corrected chi connectivity index (χ4v) is 4.17. The molecule has 0 spiro atoms. The van der Waals surface area contributed by atoms with E-state index >= 15 is 0 Å². The topological polar surface area (TPSA) is 44.1 Å². The third kappa shape index (κ3) is 3.81. The highest BCUT2D eigenvalue weighted by molar-refractivity contribution is 7.98. The quantitative estimate of drug-likeness (QED) is 0.338. The van der Waals surface area contributed by atoms with Crippen LogP contribution in [0.25, 0.3) is 10.9 Å². The molecule has 4 nitrogen and oxygen atoms in total. The van der Waals surface area contributed by atoms with Crippen molar-refractivity contribution in [2.24, 2.45) is 0 Å². The maximum absolute atomic E-state index is 12.8. The molecule has 3 rings (SSSR count). The summed E-state index contributed by atoms with van der Waals surface area (Å²) in [5.74, 6) is 1.57. The average molecular weight is 385 g/mol. The monoisotopic (exact) mass is 384 g/mol. The molecule has 134 valence electrons. The molecule has 0 fully saturated rings. The van der Waals surface area contributed by atoms with E-state index in [1.165, 1.54) is 0 Å². The van der Waals surface area contributed by atoms with E-state index in [-0.39, 0.29) is 5.56 Å². The van der Waals surface area contributed by atoms with E-state index in [2.05, 4.69) is 23.7 Å². The first kappa shape index (κ1) is 18.6. The molecule has 2 aromatic carbocycles. The summed E-state index contributed by atoms with van der Waals surface area (Å²) in [6, 6.07) is 13.6. The van der Waals surface area contributed by atoms with Crippen LogP contribution in [-0.2, 0) is 12.3 Å². The van der Waals surface area contributed by atoms with Gasteiger partial charge in [0.1, 0.15) is 5.75 Å². The summed E-state index contributed by atoms with van der Waals surface area (Å²) in [5, 5.41) is 1.33. The molecule has 0 amide bonds. The summed E-state index contributed by atoms with van der Waals surface area (Å²) in [7, 11) is 1.68. The van der Waals surface area contributed by atoms with E-state index < -0.39 is 0 Å². The molecule has 1 heterocycles. The third-order valence-corrected chi connectivity index (χ3v) is 5.78. The Labute approximate surface area is 161 Å². The van der Waals surface area contributed by atoms with E-state index in [9.17, 15) is 4.79 Å². The molecule has 0 saturated carbocycles. The largest absolute Gasteiger partial charge is 0.496 e. The lowest BCUT2D eigenvalue weighted by Crippen LogP contribution is -2.22. The number of nitrogens with zero attached hydrogens (tertiary/aromatic N) is 2. The maximum Gasteiger partial charge on any atom is 0.262 e. The molecule has 26 heavy (non-hydrogen) atoms. The second-order valence-electron chi connectivity index (χ2n) is 5.59. The first-order valence-electron chi connectivity index (χ1n) is 8.12. The van der Waals surface area contributed by atoms with Crippen LogP contribution in [0.4, 0.5) is 0 Å². The predicted octanol–water partition coefficient (Wildman–Crippen LogP) is 4.61. The fraction of sp³-hybridized carbons (Fsp3) is 0.200. The zero-order valence-corrected chi connectivity index (χ0v) is 16.4. The van der Waals surface area contributed by atoms with Crippen molar-refractivity contribution in [3.8, 4) is 5.75 Å². The Morgan fingerprint density at radius 1 is 1.27 bits per heavy atom. The predicted molar refractivity (Wildman–Crippen MR) is 111 cm³/mol. The summed E-state index contributed by atoms with van der Waals surface area (Å²) in [6.45, 7) is 4.20. The van der Waals surface area contributed by atoms with Crippen molar-refractivity contribution in [2.45, 2.75) is 22.3 Å². The van der Waals surface area contributed by atoms with E-state index in [0.717, 1.165) is 21.7 Å². The van der Waals surface area contributed by atoms with Gasteiger partial charge in [-0.1, -0.05) is 36.0 Å². The van der Waals surface area contributed by atoms with Crippen LogP contribution in [0, 0.1) is 0 Å². The SMILES string of the molecule is C=CCn1c(SCc2ccc(SC)c(OC)c2)nc2ccccc2c1=O. The second-order valence-corrected chi connectivity index (χ2v) is 7.38. The molecule has 0 aliphatic rings. The summed E-state index contributed by atoms with van der Waals surface area (Å²) in [4.78, 5) is 18.6. The molecule has 3 aromatic rings. The number of rotatable bonds is 7. The Kier molecular flexibility index (Phi) is 6.06. The van der Waals surface area contributed by atoms with Crippen LogP contribution in [0.3, 0.4) is 0 Å². The zero-order chi connectivity index (χ0) is 18.5. The van der Waals surface area contributed by atoms with Crippen molar-refractivity contribution in [3.63, 3.8) is 0 Å². The molecule has 6 heteroatoms. The van der Waals surface area contributed by atoms with Crippen molar-refractivity contribution < 1.29 is 4.74 Å². The number of ether oxygens (including phenoxy) is 1. The lowest BCUT2D eigenvalue weighted by molar-refractivity contribution is 0.404. The van der Waals surface area contributed by atoms with Crippen LogP contribution in [0.1, 0.15) is 5.56 Å². The van der Waals surface area contributed by atoms with Gasteiger partial charge in [-0.05, 0) is 36.1 Å². The molecule has 0 saturated heterocycles. The summed E-state index contributed by atoms with van der Waals surface area (Å²) in [6.07, 6.45) is 3.75. The number of hydrogen-bond acceptors (Lipinski definition) is 5. The maximum atomic E-state index is 12.8. The zero-order valence-electron chi connectivity index (χ0n) is 14.8. The van der Waals surface area contributed by atoms with Gasteiger partial charge in [0.2, 0.25) is 0 Å². The first-order chi connectivity index (χ1) is 12.7. The van der Waals surface area contributed by atoms with Gasteiger partial charge in [0, 0.05) is 17.2 Å². The number of fused-ring (bicyclic) bond motifs is 1. The minimum absolute atomic E-state index is 0.0340. The van der Waals surface area contributed by atoms with Crippen molar-refractivity contribution >= 4 is 34.4 Å². The van der Waals surface area contributed by atoms with Crippen molar-refractivity contribution in [2.75, 3.05) is 13.4 Å². The van der Waals surface area contributed by atoms with Gasteiger partial charge >= 0.3 is 0 Å². The number of benzene rings is 2. The summed E-state index contributed by atoms with van der Waals surface area (Å²) in [5.41, 5.74) is 1.81. The summed E-state index contributed by atoms with van der Waals surface area (Å²) >= 11 is 3.20. The number of methoxy groups -OCH3 is 1. The van der Waals surface area contributed by atoms with E-state index in [1.807, 2.05) is 36.6 Å². The molecule has 0 unspecified atom stereocenters. The van der Waals surface area contributed by atoms with Crippen LogP contribution in [0.15, 0.2) is 70.0 Å². The normalized spacial score (nSPS) is 10.8. The molecule has 0 aliphatic heterocycles. The molecular weight excluding hydrogens is 364 g/mol. The number of aromatic nitrogens is 2. The Morgan fingerprint density at radius 2 is 2.08 bits per heavy atom. The van der Waals surface area contributed by atoms with Crippen LogP contribution < -0.4 is 10.3 Å². The molecule has 0 radical (unpaired) electrons. The van der Waals surface area contributed by atoms with Crippen molar-refractivity contribution in [1.29, 1.82) is 0 Å². The Hall–Kier alpha value is -2.18.